The number of nitrogens with zero attached hydrogens (tertiary/aromatic N) is 2. The van der Waals surface area contributed by atoms with Gasteiger partial charge in [0.2, 0.25) is 5.91 Å². The van der Waals surface area contributed by atoms with Gasteiger partial charge in [0.05, 0.1) is 0 Å². The monoisotopic (exact) mass is 306 g/mol. The highest BCUT2D eigenvalue weighted by molar-refractivity contribution is 5.89. The van der Waals surface area contributed by atoms with Crippen molar-refractivity contribution in [2.45, 2.75) is 56.7 Å². The number of likely N-dealkylation sites (tertiary alicyclic amines) is 1. The molecule has 0 radical (unpaired) electrons. The van der Waals surface area contributed by atoms with E-state index in [4.69, 9.17) is 0 Å². The van der Waals surface area contributed by atoms with Crippen LogP contribution < -0.4 is 10.6 Å². The fourth-order valence-corrected chi connectivity index (χ4v) is 4.07. The van der Waals surface area contributed by atoms with Crippen LogP contribution in [0.25, 0.3) is 0 Å². The Morgan fingerprint density at radius 3 is 2.64 bits per heavy atom. The quantitative estimate of drug-likeness (QED) is 0.796. The second-order valence-electron chi connectivity index (χ2n) is 7.42. The van der Waals surface area contributed by atoms with Crippen LogP contribution in [0, 0.1) is 5.92 Å². The molecule has 22 heavy (non-hydrogen) atoms. The zero-order chi connectivity index (χ0) is 15.1. The molecule has 4 aliphatic rings. The van der Waals surface area contributed by atoms with Crippen molar-refractivity contribution in [3.63, 3.8) is 0 Å². The van der Waals surface area contributed by atoms with E-state index in [0.29, 0.717) is 6.54 Å². The van der Waals surface area contributed by atoms with Gasteiger partial charge in [0.25, 0.3) is 0 Å². The van der Waals surface area contributed by atoms with E-state index in [1.807, 2.05) is 0 Å². The van der Waals surface area contributed by atoms with Crippen molar-refractivity contribution < 1.29 is 9.59 Å². The molecule has 0 aromatic rings. The van der Waals surface area contributed by atoms with Crippen molar-refractivity contribution in [3.05, 3.63) is 0 Å². The lowest BCUT2D eigenvalue weighted by atomic mass is 9.99. The molecule has 6 nitrogen and oxygen atoms in total. The van der Waals surface area contributed by atoms with Gasteiger partial charge in [-0.1, -0.05) is 0 Å². The van der Waals surface area contributed by atoms with E-state index in [2.05, 4.69) is 15.5 Å². The minimum atomic E-state index is -0.261. The molecule has 2 N–H and O–H groups in total. The summed E-state index contributed by atoms with van der Waals surface area (Å²) in [7, 11) is 0. The van der Waals surface area contributed by atoms with E-state index in [1.54, 1.807) is 4.90 Å². The van der Waals surface area contributed by atoms with Gasteiger partial charge in [-0.3, -0.25) is 4.79 Å². The number of rotatable bonds is 4. The second kappa shape index (κ2) is 5.72. The largest absolute Gasteiger partial charge is 0.351 e. The molecule has 3 saturated heterocycles. The lowest BCUT2D eigenvalue weighted by Crippen LogP contribution is -2.53. The average molecular weight is 306 g/mol. The molecule has 3 aliphatic heterocycles. The molecule has 0 aromatic carbocycles. The van der Waals surface area contributed by atoms with Gasteiger partial charge in [0.1, 0.15) is 6.04 Å². The zero-order valence-corrected chi connectivity index (χ0v) is 13.1. The van der Waals surface area contributed by atoms with Crippen LogP contribution in [-0.2, 0) is 4.79 Å². The predicted octanol–water partition coefficient (Wildman–Crippen LogP) is 0.533. The smallest absolute Gasteiger partial charge is 0.318 e. The third-order valence-corrected chi connectivity index (χ3v) is 5.62. The minimum absolute atomic E-state index is 0.0520. The lowest BCUT2D eigenvalue weighted by molar-refractivity contribution is -0.127. The maximum Gasteiger partial charge on any atom is 0.318 e. The van der Waals surface area contributed by atoms with Gasteiger partial charge in [-0.15, -0.1) is 0 Å². The van der Waals surface area contributed by atoms with Gasteiger partial charge in [-0.25, -0.2) is 4.79 Å². The van der Waals surface area contributed by atoms with Gasteiger partial charge in [-0.2, -0.15) is 0 Å². The number of hydrogen-bond acceptors (Lipinski definition) is 3. The molecule has 1 aliphatic carbocycles. The number of carbonyl (C=O) groups excluding carboxylic acids is 2. The molecule has 6 heteroatoms. The van der Waals surface area contributed by atoms with Crippen LogP contribution in [0.4, 0.5) is 4.79 Å². The lowest BCUT2D eigenvalue weighted by Gasteiger charge is -2.35. The molecule has 4 rings (SSSR count). The van der Waals surface area contributed by atoms with E-state index in [1.165, 1.54) is 19.4 Å². The van der Waals surface area contributed by atoms with Crippen LogP contribution in [0.2, 0.25) is 0 Å². The Hall–Kier alpha value is -1.30. The molecule has 3 amide bonds. The normalized spacial score (nSPS) is 32.9. The van der Waals surface area contributed by atoms with Crippen molar-refractivity contribution in [1.29, 1.82) is 0 Å². The SMILES string of the molecule is O=C(NC1CCN(CC2CC2)CC1)C1CCC2CN1C(=O)N2. The van der Waals surface area contributed by atoms with Crippen molar-refractivity contribution in [3.8, 4) is 0 Å². The first kappa shape index (κ1) is 14.3. The van der Waals surface area contributed by atoms with Crippen molar-refractivity contribution >= 4 is 11.9 Å². The van der Waals surface area contributed by atoms with Gasteiger partial charge >= 0.3 is 6.03 Å². The van der Waals surface area contributed by atoms with Crippen LogP contribution in [0.5, 0.6) is 0 Å². The average Bonchev–Trinajstić information content (AvgIpc) is 3.28. The number of hydrogen-bond donors (Lipinski definition) is 2. The Balaban J connectivity index is 1.26. The summed E-state index contributed by atoms with van der Waals surface area (Å²) in [4.78, 5) is 28.6. The predicted molar refractivity (Wildman–Crippen MR) is 82.4 cm³/mol. The third kappa shape index (κ3) is 2.93. The summed E-state index contributed by atoms with van der Waals surface area (Å²) in [6, 6.07) is 0.207. The molecule has 2 unspecified atom stereocenters. The fraction of sp³-hybridized carbons (Fsp3) is 0.875. The van der Waals surface area contributed by atoms with Gasteiger partial charge < -0.3 is 20.4 Å². The molecule has 122 valence electrons. The highest BCUT2D eigenvalue weighted by Crippen LogP contribution is 2.30. The Bertz CT molecular complexity index is 457. The van der Waals surface area contributed by atoms with E-state index in [9.17, 15) is 9.59 Å². The third-order valence-electron chi connectivity index (χ3n) is 5.62. The highest BCUT2D eigenvalue weighted by atomic mass is 16.2. The van der Waals surface area contributed by atoms with Gasteiger partial charge in [0, 0.05) is 38.3 Å². The van der Waals surface area contributed by atoms with Crippen molar-refractivity contribution in [2.75, 3.05) is 26.2 Å². The Morgan fingerprint density at radius 2 is 1.91 bits per heavy atom. The first-order chi connectivity index (χ1) is 10.7. The Morgan fingerprint density at radius 1 is 1.14 bits per heavy atom. The van der Waals surface area contributed by atoms with Crippen LogP contribution in [0.15, 0.2) is 0 Å². The van der Waals surface area contributed by atoms with E-state index in [-0.39, 0.29) is 30.1 Å². The molecule has 2 bridgehead atoms. The first-order valence-corrected chi connectivity index (χ1v) is 8.79. The molecule has 2 atom stereocenters. The maximum absolute atomic E-state index is 12.5. The van der Waals surface area contributed by atoms with Gasteiger partial charge in [0.15, 0.2) is 0 Å². The first-order valence-electron chi connectivity index (χ1n) is 8.79. The minimum Gasteiger partial charge on any atom is -0.351 e. The summed E-state index contributed by atoms with van der Waals surface area (Å²) in [6.45, 7) is 4.13. The summed E-state index contributed by atoms with van der Waals surface area (Å²) in [5.74, 6) is 0.992. The Kier molecular flexibility index (Phi) is 3.72. The van der Waals surface area contributed by atoms with E-state index in [0.717, 1.165) is 44.7 Å². The number of piperidine rings is 2. The molecule has 0 aromatic heterocycles. The van der Waals surface area contributed by atoms with Crippen molar-refractivity contribution in [2.24, 2.45) is 5.92 Å². The summed E-state index contributed by atoms with van der Waals surface area (Å²) in [5, 5.41) is 6.13. The van der Waals surface area contributed by atoms with Crippen LogP contribution in [0.3, 0.4) is 0 Å². The fourth-order valence-electron chi connectivity index (χ4n) is 4.07. The number of amides is 3. The highest BCUT2D eigenvalue weighted by Gasteiger charge is 2.42. The summed E-state index contributed by atoms with van der Waals surface area (Å²) in [6.07, 6.45) is 6.59. The number of urea groups is 1. The summed E-state index contributed by atoms with van der Waals surface area (Å²) in [5.41, 5.74) is 0. The molecular weight excluding hydrogens is 280 g/mol. The van der Waals surface area contributed by atoms with Crippen LogP contribution >= 0.6 is 0 Å². The second-order valence-corrected chi connectivity index (χ2v) is 7.42. The maximum atomic E-state index is 12.5. The summed E-state index contributed by atoms with van der Waals surface area (Å²) < 4.78 is 0. The number of carbonyl (C=O) groups is 2. The standard InChI is InChI=1S/C16H26N4O2/c21-15(14-4-3-13-10-20(14)16(22)18-13)17-12-5-7-19(8-6-12)9-11-1-2-11/h11-14H,1-10H2,(H,17,21)(H,18,22). The molecule has 0 spiro atoms. The van der Waals surface area contributed by atoms with E-state index < -0.39 is 0 Å². The van der Waals surface area contributed by atoms with Crippen LogP contribution in [0.1, 0.15) is 38.5 Å². The molecular formula is C16H26N4O2. The van der Waals surface area contributed by atoms with Crippen molar-refractivity contribution in [1.82, 2.24) is 20.4 Å². The Labute approximate surface area is 131 Å². The molecule has 1 saturated carbocycles. The topological polar surface area (TPSA) is 64.7 Å². The molecule has 4 fully saturated rings. The summed E-state index contributed by atoms with van der Waals surface area (Å²) >= 11 is 0. The number of nitrogens with one attached hydrogen (secondary N) is 2. The number of fused-ring (bicyclic) bond motifs is 2. The van der Waals surface area contributed by atoms with Gasteiger partial charge in [-0.05, 0) is 44.4 Å². The van der Waals surface area contributed by atoms with Crippen LogP contribution in [-0.4, -0.2) is 66.0 Å². The molecule has 3 heterocycles. The zero-order valence-electron chi connectivity index (χ0n) is 13.1. The van der Waals surface area contributed by atoms with E-state index >= 15 is 0 Å².